The number of hydrogen-bond acceptors (Lipinski definition) is 5. The molecule has 2 aromatic carbocycles. The number of nitrogens with one attached hydrogen (secondary N) is 1. The molecular weight excluding hydrogens is 378 g/mol. The van der Waals surface area contributed by atoms with Gasteiger partial charge in [-0.1, -0.05) is 22.8 Å². The molecule has 1 aliphatic carbocycles. The maximum absolute atomic E-state index is 12.1. The van der Waals surface area contributed by atoms with Crippen LogP contribution in [0.2, 0.25) is 5.02 Å². The van der Waals surface area contributed by atoms with E-state index >= 15 is 0 Å². The summed E-state index contributed by atoms with van der Waals surface area (Å²) in [5, 5.41) is 7.28. The van der Waals surface area contributed by atoms with Gasteiger partial charge in [-0.25, -0.2) is 0 Å². The summed E-state index contributed by atoms with van der Waals surface area (Å²) < 4.78 is 10.8. The van der Waals surface area contributed by atoms with Crippen LogP contribution < -0.4 is 10.1 Å². The summed E-state index contributed by atoms with van der Waals surface area (Å²) in [6, 6.07) is 13.2. The van der Waals surface area contributed by atoms with Crippen LogP contribution >= 0.6 is 11.6 Å². The molecule has 0 bridgehead atoms. The average molecular weight is 398 g/mol. The predicted octanol–water partition coefficient (Wildman–Crippen LogP) is 3.96. The second-order valence-corrected chi connectivity index (χ2v) is 7.16. The van der Waals surface area contributed by atoms with Gasteiger partial charge < -0.3 is 14.6 Å². The first-order valence-corrected chi connectivity index (χ1v) is 9.65. The van der Waals surface area contributed by atoms with Gasteiger partial charge >= 0.3 is 0 Å². The standard InChI is InChI=1S/C21H20ClN3O3/c22-17-8-5-15(6-9-17)21-24-20(28-25-21)12-23-19(26)13-27-18-10-7-14-3-1-2-4-16(14)11-18/h5-11H,1-4,12-13H2,(H,23,26). The largest absolute Gasteiger partial charge is 0.484 e. The van der Waals surface area contributed by atoms with Gasteiger partial charge in [0.2, 0.25) is 11.7 Å². The van der Waals surface area contributed by atoms with Crippen LogP contribution in [0.25, 0.3) is 11.4 Å². The van der Waals surface area contributed by atoms with Crippen LogP contribution in [0, 0.1) is 0 Å². The fourth-order valence-corrected chi connectivity index (χ4v) is 3.34. The molecule has 0 spiro atoms. The molecule has 6 nitrogen and oxygen atoms in total. The lowest BCUT2D eigenvalue weighted by atomic mass is 9.92. The normalized spacial score (nSPS) is 13.0. The minimum atomic E-state index is -0.246. The molecule has 28 heavy (non-hydrogen) atoms. The molecule has 0 aliphatic heterocycles. The van der Waals surface area contributed by atoms with Crippen molar-refractivity contribution in [3.63, 3.8) is 0 Å². The third-order valence-electron chi connectivity index (χ3n) is 4.70. The van der Waals surface area contributed by atoms with Crippen LogP contribution in [0.1, 0.15) is 29.9 Å². The molecule has 0 saturated carbocycles. The molecule has 0 unspecified atom stereocenters. The smallest absolute Gasteiger partial charge is 0.258 e. The van der Waals surface area contributed by atoms with Gasteiger partial charge in [0.1, 0.15) is 5.75 Å². The van der Waals surface area contributed by atoms with E-state index in [1.807, 2.05) is 24.3 Å². The Hall–Kier alpha value is -2.86. The molecule has 0 atom stereocenters. The van der Waals surface area contributed by atoms with E-state index in [1.54, 1.807) is 12.1 Å². The van der Waals surface area contributed by atoms with Crippen molar-refractivity contribution in [1.82, 2.24) is 15.5 Å². The Morgan fingerprint density at radius 3 is 2.71 bits per heavy atom. The van der Waals surface area contributed by atoms with Crippen LogP contribution in [0.5, 0.6) is 5.75 Å². The quantitative estimate of drug-likeness (QED) is 0.681. The SMILES string of the molecule is O=C(COc1ccc2c(c1)CCCC2)NCc1nc(-c2ccc(Cl)cc2)no1. The number of halogens is 1. The van der Waals surface area contributed by atoms with E-state index in [1.165, 1.54) is 24.0 Å². The lowest BCUT2D eigenvalue weighted by Crippen LogP contribution is -2.28. The van der Waals surface area contributed by atoms with Crippen molar-refractivity contribution < 1.29 is 14.1 Å². The van der Waals surface area contributed by atoms with E-state index in [9.17, 15) is 4.79 Å². The van der Waals surface area contributed by atoms with E-state index in [0.717, 1.165) is 24.2 Å². The van der Waals surface area contributed by atoms with Crippen molar-refractivity contribution in [2.75, 3.05) is 6.61 Å². The van der Waals surface area contributed by atoms with E-state index in [2.05, 4.69) is 21.5 Å². The Labute approximate surface area is 167 Å². The molecule has 1 aliphatic rings. The zero-order valence-corrected chi connectivity index (χ0v) is 16.0. The summed E-state index contributed by atoms with van der Waals surface area (Å²) in [4.78, 5) is 16.3. The van der Waals surface area contributed by atoms with Gasteiger partial charge in [-0.2, -0.15) is 4.98 Å². The van der Waals surface area contributed by atoms with Crippen molar-refractivity contribution in [2.24, 2.45) is 0 Å². The Bertz CT molecular complexity index is 969. The summed E-state index contributed by atoms with van der Waals surface area (Å²) >= 11 is 5.87. The fraction of sp³-hybridized carbons (Fsp3) is 0.286. The number of benzene rings is 2. The summed E-state index contributed by atoms with van der Waals surface area (Å²) in [6.07, 6.45) is 4.65. The molecule has 0 saturated heterocycles. The Balaban J connectivity index is 1.27. The molecule has 4 rings (SSSR count). The molecule has 7 heteroatoms. The number of hydrogen-bond donors (Lipinski definition) is 1. The lowest BCUT2D eigenvalue weighted by Gasteiger charge is -2.16. The van der Waals surface area contributed by atoms with Crippen LogP contribution in [0.3, 0.4) is 0 Å². The summed E-state index contributed by atoms with van der Waals surface area (Å²) in [7, 11) is 0. The van der Waals surface area contributed by atoms with Gasteiger partial charge in [0.05, 0.1) is 6.54 Å². The third-order valence-corrected chi connectivity index (χ3v) is 4.95. The topological polar surface area (TPSA) is 77.2 Å². The number of nitrogens with zero attached hydrogens (tertiary/aromatic N) is 2. The predicted molar refractivity (Wildman–Crippen MR) is 105 cm³/mol. The van der Waals surface area contributed by atoms with Gasteiger partial charge in [-0.3, -0.25) is 4.79 Å². The second-order valence-electron chi connectivity index (χ2n) is 6.72. The monoisotopic (exact) mass is 397 g/mol. The number of fused-ring (bicyclic) bond motifs is 1. The highest BCUT2D eigenvalue weighted by Crippen LogP contribution is 2.25. The van der Waals surface area contributed by atoms with Crippen LogP contribution in [0.4, 0.5) is 0 Å². The van der Waals surface area contributed by atoms with Gasteiger partial charge in [0.25, 0.3) is 5.91 Å². The maximum Gasteiger partial charge on any atom is 0.258 e. The van der Waals surface area contributed by atoms with E-state index in [-0.39, 0.29) is 19.1 Å². The Morgan fingerprint density at radius 2 is 1.89 bits per heavy atom. The van der Waals surface area contributed by atoms with Crippen LogP contribution in [-0.2, 0) is 24.2 Å². The average Bonchev–Trinajstić information content (AvgIpc) is 3.20. The van der Waals surface area contributed by atoms with E-state index in [4.69, 9.17) is 20.9 Å². The van der Waals surface area contributed by atoms with Crippen molar-refractivity contribution in [3.8, 4) is 17.1 Å². The maximum atomic E-state index is 12.1. The number of amides is 1. The molecule has 1 aromatic heterocycles. The number of carbonyl (C=O) groups excluding carboxylic acids is 1. The van der Waals surface area contributed by atoms with Crippen molar-refractivity contribution in [1.29, 1.82) is 0 Å². The number of ether oxygens (including phenoxy) is 1. The minimum absolute atomic E-state index is 0.0586. The van der Waals surface area contributed by atoms with E-state index in [0.29, 0.717) is 16.7 Å². The number of rotatable bonds is 6. The van der Waals surface area contributed by atoms with Crippen molar-refractivity contribution in [2.45, 2.75) is 32.2 Å². The van der Waals surface area contributed by atoms with Crippen molar-refractivity contribution >= 4 is 17.5 Å². The van der Waals surface area contributed by atoms with E-state index < -0.39 is 0 Å². The highest BCUT2D eigenvalue weighted by atomic mass is 35.5. The Kier molecular flexibility index (Phi) is 5.58. The first-order chi connectivity index (χ1) is 13.7. The third kappa shape index (κ3) is 4.51. The minimum Gasteiger partial charge on any atom is -0.484 e. The molecule has 1 amide bonds. The first-order valence-electron chi connectivity index (χ1n) is 9.27. The number of aryl methyl sites for hydroxylation is 2. The summed E-state index contributed by atoms with van der Waals surface area (Å²) in [6.45, 7) is 0.0872. The zero-order valence-electron chi connectivity index (χ0n) is 15.3. The molecule has 144 valence electrons. The van der Waals surface area contributed by atoms with Gasteiger partial charge in [-0.15, -0.1) is 0 Å². The van der Waals surface area contributed by atoms with Crippen LogP contribution in [-0.4, -0.2) is 22.7 Å². The first kappa shape index (κ1) is 18.5. The lowest BCUT2D eigenvalue weighted by molar-refractivity contribution is -0.123. The zero-order chi connectivity index (χ0) is 19.3. The summed E-state index contributed by atoms with van der Waals surface area (Å²) in [5.41, 5.74) is 3.50. The molecule has 1 N–H and O–H groups in total. The highest BCUT2D eigenvalue weighted by molar-refractivity contribution is 6.30. The van der Waals surface area contributed by atoms with Gasteiger partial charge in [-0.05, 0) is 73.2 Å². The molecule has 3 aromatic rings. The molecule has 0 radical (unpaired) electrons. The fourth-order valence-electron chi connectivity index (χ4n) is 3.22. The van der Waals surface area contributed by atoms with Gasteiger partial charge in [0.15, 0.2) is 6.61 Å². The molecular formula is C21H20ClN3O3. The highest BCUT2D eigenvalue weighted by Gasteiger charge is 2.12. The molecule has 0 fully saturated rings. The molecule has 1 heterocycles. The number of carbonyl (C=O) groups is 1. The summed E-state index contributed by atoms with van der Waals surface area (Å²) in [5.74, 6) is 1.25. The number of aromatic nitrogens is 2. The van der Waals surface area contributed by atoms with Gasteiger partial charge in [0, 0.05) is 10.6 Å². The van der Waals surface area contributed by atoms with Crippen LogP contribution in [0.15, 0.2) is 47.0 Å². The Morgan fingerprint density at radius 1 is 1.11 bits per heavy atom. The van der Waals surface area contributed by atoms with Crippen molar-refractivity contribution in [3.05, 3.63) is 64.5 Å². The second kappa shape index (κ2) is 8.44.